The van der Waals surface area contributed by atoms with Gasteiger partial charge in [-0.15, -0.1) is 10.2 Å². The maximum absolute atomic E-state index is 13.3. The number of carbonyl (C=O) groups excluding carboxylic acids is 3. The fourth-order valence-corrected chi connectivity index (χ4v) is 9.47. The monoisotopic (exact) mass is 765 g/mol. The second-order valence-corrected chi connectivity index (χ2v) is 16.2. The molecule has 4 saturated heterocycles. The van der Waals surface area contributed by atoms with Crippen molar-refractivity contribution in [1.82, 2.24) is 35.1 Å². The molecule has 0 saturated carbocycles. The summed E-state index contributed by atoms with van der Waals surface area (Å²) in [7, 11) is 0. The molecule has 6 aliphatic rings. The minimum Gasteiger partial charge on any atom is -0.507 e. The van der Waals surface area contributed by atoms with Gasteiger partial charge in [-0.25, -0.2) is 0 Å². The maximum atomic E-state index is 13.3. The number of hydrogen-bond acceptors (Lipinski definition) is 13. The lowest BCUT2D eigenvalue weighted by molar-refractivity contribution is -0.129. The van der Waals surface area contributed by atoms with Crippen LogP contribution in [0.25, 0.3) is 11.3 Å². The van der Waals surface area contributed by atoms with Gasteiger partial charge in [0.05, 0.1) is 34.6 Å². The van der Waals surface area contributed by atoms with Crippen LogP contribution in [-0.2, 0) is 4.79 Å². The van der Waals surface area contributed by atoms with E-state index in [0.717, 1.165) is 101 Å². The van der Waals surface area contributed by atoms with Crippen LogP contribution in [-0.4, -0.2) is 154 Å². The number of likely N-dealkylation sites (tertiary alicyclic amines) is 2. The van der Waals surface area contributed by atoms with Crippen LogP contribution in [0.15, 0.2) is 48.5 Å². The molecule has 3 atom stereocenters. The van der Waals surface area contributed by atoms with Crippen LogP contribution in [0, 0.1) is 5.92 Å². The number of hydrogen-bond donors (Lipinski definition) is 4. The number of phenolic OH excluding ortho intramolecular Hbond substituents is 1. The highest BCUT2D eigenvalue weighted by Crippen LogP contribution is 2.36. The number of fused-ring (bicyclic) bond motifs is 4. The second-order valence-electron chi connectivity index (χ2n) is 16.2. The molecule has 1 aromatic heterocycles. The Labute approximate surface area is 326 Å². The lowest BCUT2D eigenvalue weighted by Gasteiger charge is -2.46. The Kier molecular flexibility index (Phi) is 10.2. The lowest BCUT2D eigenvalue weighted by atomic mass is 9.95. The number of aromatic hydroxyl groups is 1. The van der Waals surface area contributed by atoms with Gasteiger partial charge in [-0.1, -0.05) is 12.1 Å². The smallest absolute Gasteiger partial charge is 0.262 e. The zero-order valence-electron chi connectivity index (χ0n) is 31.7. The normalized spacial score (nSPS) is 25.4. The number of amides is 3. The first-order valence-corrected chi connectivity index (χ1v) is 20.3. The Morgan fingerprint density at radius 3 is 2.36 bits per heavy atom. The van der Waals surface area contributed by atoms with Crippen LogP contribution < -0.4 is 20.3 Å². The number of nitrogens with one attached hydrogen (secondary N) is 2. The zero-order chi connectivity index (χ0) is 38.3. The maximum Gasteiger partial charge on any atom is 0.262 e. The standard InChI is InChI=1S/C41H51N9O6/c51-36-4-2-1-3-31(36)33-22-35-38(45-44-33)42-23-27-25-48(19-20-49(27)35)18-17-46-13-9-26(10-14-46)24-47-15-11-28(12-16-47)56-29-5-6-30-32(21-29)41(55)50(40(30)54)34-7-8-37(52)43-39(34)53/h1-6,21-22,26-28,34,39,51,53H,7-20,23-25H2,(H,42,45)(H,43,52)/t27-,34?,39?/m0/s1. The summed E-state index contributed by atoms with van der Waals surface area (Å²) >= 11 is 0. The van der Waals surface area contributed by atoms with Crippen molar-refractivity contribution in [3.8, 4) is 22.8 Å². The Morgan fingerprint density at radius 1 is 0.786 bits per heavy atom. The summed E-state index contributed by atoms with van der Waals surface area (Å²) in [5.41, 5.74) is 3.03. The number of anilines is 2. The summed E-state index contributed by atoms with van der Waals surface area (Å²) in [5, 5.41) is 35.5. The molecular weight excluding hydrogens is 715 g/mol. The van der Waals surface area contributed by atoms with Gasteiger partial charge in [0.25, 0.3) is 11.8 Å². The van der Waals surface area contributed by atoms with E-state index in [0.29, 0.717) is 34.5 Å². The van der Waals surface area contributed by atoms with E-state index in [1.54, 1.807) is 24.3 Å². The minimum absolute atomic E-state index is 0.0424. The predicted molar refractivity (Wildman–Crippen MR) is 209 cm³/mol. The van der Waals surface area contributed by atoms with Gasteiger partial charge < -0.3 is 40.3 Å². The van der Waals surface area contributed by atoms with Crippen molar-refractivity contribution < 1.29 is 29.3 Å². The average molecular weight is 766 g/mol. The summed E-state index contributed by atoms with van der Waals surface area (Å²) in [4.78, 5) is 49.4. The van der Waals surface area contributed by atoms with Crippen LogP contribution >= 0.6 is 0 Å². The average Bonchev–Trinajstić information content (AvgIpc) is 3.46. The number of ether oxygens (including phenoxy) is 1. The summed E-state index contributed by atoms with van der Waals surface area (Å²) < 4.78 is 6.33. The molecule has 15 heteroatoms. The zero-order valence-corrected chi connectivity index (χ0v) is 31.7. The number of phenols is 1. The van der Waals surface area contributed by atoms with Crippen molar-refractivity contribution in [3.05, 3.63) is 59.7 Å². The first kappa shape index (κ1) is 36.8. The molecule has 3 amide bonds. The number of imide groups is 1. The number of aliphatic hydroxyl groups excluding tert-OH is 1. The number of benzene rings is 2. The number of nitrogens with zero attached hydrogens (tertiary/aromatic N) is 7. The van der Waals surface area contributed by atoms with E-state index in [1.165, 1.54) is 12.8 Å². The Balaban J connectivity index is 0.693. The van der Waals surface area contributed by atoms with Crippen LogP contribution in [0.4, 0.5) is 11.5 Å². The van der Waals surface area contributed by atoms with E-state index in [9.17, 15) is 24.6 Å². The first-order valence-electron chi connectivity index (χ1n) is 20.3. The van der Waals surface area contributed by atoms with Crippen molar-refractivity contribution in [3.63, 3.8) is 0 Å². The third-order valence-electron chi connectivity index (χ3n) is 12.7. The van der Waals surface area contributed by atoms with Gasteiger partial charge >= 0.3 is 0 Å². The Hall–Kier alpha value is -4.83. The van der Waals surface area contributed by atoms with Crippen molar-refractivity contribution in [2.45, 2.75) is 62.9 Å². The van der Waals surface area contributed by atoms with E-state index < -0.39 is 24.1 Å². The summed E-state index contributed by atoms with van der Waals surface area (Å²) in [5.74, 6) is 1.10. The molecule has 0 aliphatic carbocycles. The van der Waals surface area contributed by atoms with E-state index in [2.05, 4.69) is 46.5 Å². The highest BCUT2D eigenvalue weighted by molar-refractivity contribution is 6.21. The number of carbonyl (C=O) groups is 3. The minimum atomic E-state index is -1.27. The molecule has 2 aromatic carbocycles. The van der Waals surface area contributed by atoms with Crippen molar-refractivity contribution >= 4 is 29.2 Å². The molecule has 0 bridgehead atoms. The van der Waals surface area contributed by atoms with Crippen molar-refractivity contribution in [1.29, 1.82) is 0 Å². The van der Waals surface area contributed by atoms with E-state index in [-0.39, 0.29) is 36.2 Å². The third-order valence-corrected chi connectivity index (χ3v) is 12.7. The lowest BCUT2D eigenvalue weighted by Crippen LogP contribution is -2.58. The summed E-state index contributed by atoms with van der Waals surface area (Å²) in [6.45, 7) is 11.3. The number of para-hydroxylation sites is 1. The molecule has 6 aliphatic heterocycles. The molecule has 4 N–H and O–H groups in total. The van der Waals surface area contributed by atoms with Crippen molar-refractivity contribution in [2.24, 2.45) is 5.92 Å². The third kappa shape index (κ3) is 7.40. The highest BCUT2D eigenvalue weighted by atomic mass is 16.5. The fourth-order valence-electron chi connectivity index (χ4n) is 9.47. The van der Waals surface area contributed by atoms with Gasteiger partial charge in [-0.3, -0.25) is 24.2 Å². The molecule has 0 radical (unpaired) electrons. The topological polar surface area (TPSA) is 167 Å². The molecule has 296 valence electrons. The van der Waals surface area contributed by atoms with Gasteiger partial charge in [0.15, 0.2) is 5.82 Å². The van der Waals surface area contributed by atoms with Crippen LogP contribution in [0.1, 0.15) is 59.2 Å². The van der Waals surface area contributed by atoms with Crippen molar-refractivity contribution in [2.75, 3.05) is 82.2 Å². The molecule has 7 heterocycles. The Morgan fingerprint density at radius 2 is 1.55 bits per heavy atom. The number of piperidine rings is 3. The van der Waals surface area contributed by atoms with E-state index in [4.69, 9.17) is 4.74 Å². The van der Waals surface area contributed by atoms with Gasteiger partial charge in [0.1, 0.15) is 23.8 Å². The van der Waals surface area contributed by atoms with Gasteiger partial charge in [-0.2, -0.15) is 0 Å². The molecule has 3 aromatic rings. The molecule has 15 nitrogen and oxygen atoms in total. The summed E-state index contributed by atoms with van der Waals surface area (Å²) in [6.07, 6.45) is 3.40. The van der Waals surface area contributed by atoms with Gasteiger partial charge in [0, 0.05) is 70.9 Å². The summed E-state index contributed by atoms with van der Waals surface area (Å²) in [6, 6.07) is 14.0. The predicted octanol–water partition coefficient (Wildman–Crippen LogP) is 2.21. The first-order chi connectivity index (χ1) is 27.3. The van der Waals surface area contributed by atoms with Crippen LogP contribution in [0.3, 0.4) is 0 Å². The number of piperazine rings is 1. The number of rotatable bonds is 9. The molecule has 9 rings (SSSR count). The quantitative estimate of drug-likeness (QED) is 0.235. The second kappa shape index (κ2) is 15.6. The van der Waals surface area contributed by atoms with Gasteiger partial charge in [0.2, 0.25) is 5.91 Å². The molecule has 56 heavy (non-hydrogen) atoms. The number of aromatic nitrogens is 2. The highest BCUT2D eigenvalue weighted by Gasteiger charge is 2.44. The van der Waals surface area contributed by atoms with Crippen LogP contribution in [0.2, 0.25) is 0 Å². The largest absolute Gasteiger partial charge is 0.507 e. The van der Waals surface area contributed by atoms with Crippen LogP contribution in [0.5, 0.6) is 11.5 Å². The SMILES string of the molecule is O=C1CCC(N2C(=O)c3ccc(OC4CCN(CC5CCN(CCN6CCN7c8cc(-c9ccccc9O)nnc8NC[C@H]7C6)CC5)CC4)cc3C2=O)C(O)N1. The van der Waals surface area contributed by atoms with E-state index >= 15 is 0 Å². The molecule has 0 spiro atoms. The molecule has 2 unspecified atom stereocenters. The molecular formula is C41H51N9O6. The Bertz CT molecular complexity index is 1960. The fraction of sp³-hybridized carbons (Fsp3) is 0.537. The number of aliphatic hydroxyl groups is 1. The van der Waals surface area contributed by atoms with E-state index in [1.807, 2.05) is 18.2 Å². The van der Waals surface area contributed by atoms with Gasteiger partial charge in [-0.05, 0) is 87.5 Å². The molecule has 4 fully saturated rings.